The van der Waals surface area contributed by atoms with Crippen LogP contribution in [0.3, 0.4) is 0 Å². The molecule has 0 bridgehead atoms. The van der Waals surface area contributed by atoms with Crippen molar-refractivity contribution < 1.29 is 33.6 Å². The fourth-order valence-electron chi connectivity index (χ4n) is 4.43. The smallest absolute Gasteiger partial charge is 0.338 e. The van der Waals surface area contributed by atoms with Crippen molar-refractivity contribution >= 4 is 11.9 Å². The van der Waals surface area contributed by atoms with E-state index in [0.717, 1.165) is 22.3 Å². The maximum absolute atomic E-state index is 12.7. The lowest BCUT2D eigenvalue weighted by atomic mass is 9.85. The van der Waals surface area contributed by atoms with E-state index in [-0.39, 0.29) is 18.6 Å². The number of aliphatic hydroxyl groups is 1. The number of ether oxygens (including phenoxy) is 4. The zero-order chi connectivity index (χ0) is 26.2. The van der Waals surface area contributed by atoms with Crippen LogP contribution in [0.25, 0.3) is 0 Å². The fraction of sp³-hybridized carbons (Fsp3) is 0.448. The predicted molar refractivity (Wildman–Crippen MR) is 136 cm³/mol. The summed E-state index contributed by atoms with van der Waals surface area (Å²) in [5, 5.41) is 9.10. The first-order valence-corrected chi connectivity index (χ1v) is 12.2. The first-order valence-electron chi connectivity index (χ1n) is 12.2. The Labute approximate surface area is 213 Å². The number of rotatable bonds is 11. The minimum absolute atomic E-state index is 0.0792. The maximum Gasteiger partial charge on any atom is 0.338 e. The van der Waals surface area contributed by atoms with Gasteiger partial charge in [0.25, 0.3) is 0 Å². The van der Waals surface area contributed by atoms with Gasteiger partial charge in [-0.3, -0.25) is 4.79 Å². The van der Waals surface area contributed by atoms with Gasteiger partial charge in [0, 0.05) is 18.9 Å². The summed E-state index contributed by atoms with van der Waals surface area (Å²) in [6.07, 6.45) is 2.74. The average molecular weight is 497 g/mol. The Morgan fingerprint density at radius 3 is 2.61 bits per heavy atom. The van der Waals surface area contributed by atoms with Crippen molar-refractivity contribution in [2.45, 2.75) is 64.6 Å². The normalized spacial score (nSPS) is 24.1. The van der Waals surface area contributed by atoms with Crippen molar-refractivity contribution in [2.75, 3.05) is 13.2 Å². The molecule has 2 aliphatic heterocycles. The van der Waals surface area contributed by atoms with Gasteiger partial charge in [-0.05, 0) is 44.3 Å². The largest absolute Gasteiger partial charge is 0.457 e. The molecule has 1 saturated heterocycles. The van der Waals surface area contributed by atoms with E-state index in [4.69, 9.17) is 24.1 Å². The molecule has 1 aromatic carbocycles. The lowest BCUT2D eigenvalue weighted by Gasteiger charge is -2.35. The van der Waals surface area contributed by atoms with E-state index < -0.39 is 30.4 Å². The lowest BCUT2D eigenvalue weighted by molar-refractivity contribution is -0.195. The summed E-state index contributed by atoms with van der Waals surface area (Å²) < 4.78 is 23.2. The third kappa shape index (κ3) is 7.50. The number of hydrogen-bond acceptors (Lipinski definition) is 7. The summed E-state index contributed by atoms with van der Waals surface area (Å²) in [5.41, 5.74) is 3.86. The summed E-state index contributed by atoms with van der Waals surface area (Å²) in [6, 6.07) is 9.71. The van der Waals surface area contributed by atoms with Crippen molar-refractivity contribution in [2.24, 2.45) is 5.92 Å². The fourth-order valence-corrected chi connectivity index (χ4v) is 4.43. The molecule has 194 valence electrons. The second-order valence-electron chi connectivity index (χ2n) is 9.45. The van der Waals surface area contributed by atoms with Crippen molar-refractivity contribution in [1.82, 2.24) is 0 Å². The highest BCUT2D eigenvalue weighted by Gasteiger charge is 2.36. The van der Waals surface area contributed by atoms with Crippen LogP contribution in [0.2, 0.25) is 0 Å². The third-order valence-electron chi connectivity index (χ3n) is 6.41. The Hall–Kier alpha value is -3.00. The van der Waals surface area contributed by atoms with Gasteiger partial charge in [-0.1, -0.05) is 60.7 Å². The Kier molecular flexibility index (Phi) is 9.81. The molecule has 36 heavy (non-hydrogen) atoms. The Morgan fingerprint density at radius 2 is 1.97 bits per heavy atom. The summed E-state index contributed by atoms with van der Waals surface area (Å²) in [7, 11) is 0. The number of hydrogen-bond donors (Lipinski definition) is 1. The van der Waals surface area contributed by atoms with Gasteiger partial charge in [-0.15, -0.1) is 0 Å². The van der Waals surface area contributed by atoms with Crippen molar-refractivity contribution in [3.8, 4) is 0 Å². The van der Waals surface area contributed by atoms with Crippen LogP contribution in [0.15, 0.2) is 77.9 Å². The minimum Gasteiger partial charge on any atom is -0.457 e. The summed E-state index contributed by atoms with van der Waals surface area (Å²) in [4.78, 5) is 24.7. The molecule has 0 saturated carbocycles. The van der Waals surface area contributed by atoms with Gasteiger partial charge in [-0.25, -0.2) is 4.79 Å². The van der Waals surface area contributed by atoms with E-state index >= 15 is 0 Å². The third-order valence-corrected chi connectivity index (χ3v) is 6.41. The van der Waals surface area contributed by atoms with Crippen molar-refractivity contribution in [1.29, 1.82) is 0 Å². The van der Waals surface area contributed by atoms with Crippen LogP contribution in [0.1, 0.15) is 51.9 Å². The molecule has 0 aromatic heterocycles. The molecule has 1 N–H and O–H groups in total. The van der Waals surface area contributed by atoms with Gasteiger partial charge in [0.2, 0.25) is 0 Å². The van der Waals surface area contributed by atoms with Crippen LogP contribution >= 0.6 is 0 Å². The van der Waals surface area contributed by atoms with E-state index in [1.54, 1.807) is 12.2 Å². The summed E-state index contributed by atoms with van der Waals surface area (Å²) >= 11 is 0. The van der Waals surface area contributed by atoms with Gasteiger partial charge >= 0.3 is 11.9 Å². The molecule has 0 amide bonds. The number of benzene rings is 1. The van der Waals surface area contributed by atoms with Crippen LogP contribution in [-0.4, -0.2) is 48.6 Å². The number of allylic oxidation sites excluding steroid dienone is 1. The molecule has 2 heterocycles. The standard InChI is InChI=1S/C29H36O7/c1-18(2)23(14-26-20(4)17-33-29(36-26)22-9-7-6-8-10-22)15-27(34-21(5)31)25-16-24(35-28(25)32)13-19(3)11-12-30/h6-11,16,23-24,26-27,29-30H,1,4,12-15,17H2,2-3,5H3/b19-11+/t23-,24+,26?,27?,29?/m0/s1. The molecular weight excluding hydrogens is 460 g/mol. The summed E-state index contributed by atoms with van der Waals surface area (Å²) in [6.45, 7) is 13.7. The Balaban J connectivity index is 1.76. The topological polar surface area (TPSA) is 91.3 Å². The quantitative estimate of drug-likeness (QED) is 0.349. The second-order valence-corrected chi connectivity index (χ2v) is 9.45. The van der Waals surface area contributed by atoms with Crippen LogP contribution in [0.5, 0.6) is 0 Å². The van der Waals surface area contributed by atoms with Crippen LogP contribution in [0.4, 0.5) is 0 Å². The van der Waals surface area contributed by atoms with E-state index in [1.807, 2.05) is 44.2 Å². The van der Waals surface area contributed by atoms with Crippen LogP contribution in [0, 0.1) is 5.92 Å². The van der Waals surface area contributed by atoms with Crippen LogP contribution in [-0.2, 0) is 28.5 Å². The van der Waals surface area contributed by atoms with E-state index in [9.17, 15) is 9.59 Å². The first kappa shape index (κ1) is 27.6. The molecule has 5 atom stereocenters. The molecular formula is C29H36O7. The zero-order valence-corrected chi connectivity index (χ0v) is 21.3. The molecule has 2 aliphatic rings. The molecule has 7 nitrogen and oxygen atoms in total. The van der Waals surface area contributed by atoms with Gasteiger partial charge in [0.1, 0.15) is 12.2 Å². The molecule has 3 unspecified atom stereocenters. The number of carbonyl (C=O) groups is 2. The van der Waals surface area contributed by atoms with Gasteiger partial charge in [0.15, 0.2) is 6.29 Å². The molecule has 1 aromatic rings. The highest BCUT2D eigenvalue weighted by Crippen LogP contribution is 2.36. The Bertz CT molecular complexity index is 1020. The maximum atomic E-state index is 12.7. The van der Waals surface area contributed by atoms with Gasteiger partial charge in [-0.2, -0.15) is 0 Å². The van der Waals surface area contributed by atoms with E-state index in [0.29, 0.717) is 31.4 Å². The first-order chi connectivity index (χ1) is 17.2. The highest BCUT2D eigenvalue weighted by molar-refractivity contribution is 5.92. The van der Waals surface area contributed by atoms with Gasteiger partial charge in [0.05, 0.1) is 24.9 Å². The number of aliphatic hydroxyl groups excluding tert-OH is 1. The number of esters is 2. The minimum atomic E-state index is -0.776. The molecule has 7 heteroatoms. The predicted octanol–water partition coefficient (Wildman–Crippen LogP) is 4.74. The lowest BCUT2D eigenvalue weighted by Crippen LogP contribution is -2.33. The molecule has 0 spiro atoms. The van der Waals surface area contributed by atoms with Crippen molar-refractivity contribution in [3.05, 3.63) is 83.5 Å². The monoisotopic (exact) mass is 496 g/mol. The molecule has 0 aliphatic carbocycles. The van der Waals surface area contributed by atoms with Gasteiger partial charge < -0.3 is 24.1 Å². The summed E-state index contributed by atoms with van der Waals surface area (Å²) in [5.74, 6) is -1.10. The van der Waals surface area contributed by atoms with Crippen molar-refractivity contribution in [3.63, 3.8) is 0 Å². The number of carbonyl (C=O) groups excluding carboxylic acids is 2. The SMILES string of the molecule is C=C1COC(c2ccccc2)OC1C[C@@H](CC(OC(C)=O)C1=C[C@@H](C/C(C)=C/CO)OC1=O)C(=C)C. The molecule has 3 rings (SSSR count). The second kappa shape index (κ2) is 12.8. The van der Waals surface area contributed by atoms with Crippen LogP contribution < -0.4 is 0 Å². The van der Waals surface area contributed by atoms with E-state index in [2.05, 4.69) is 13.2 Å². The average Bonchev–Trinajstić information content (AvgIpc) is 3.19. The van der Waals surface area contributed by atoms with E-state index in [1.165, 1.54) is 6.92 Å². The Morgan fingerprint density at radius 1 is 1.25 bits per heavy atom. The highest BCUT2D eigenvalue weighted by atomic mass is 16.7. The number of cyclic esters (lactones) is 1. The zero-order valence-electron chi connectivity index (χ0n) is 21.3. The molecule has 1 fully saturated rings. The molecule has 0 radical (unpaired) electrons.